The van der Waals surface area contributed by atoms with Gasteiger partial charge in [-0.2, -0.15) is 0 Å². The van der Waals surface area contributed by atoms with E-state index >= 15 is 0 Å². The highest BCUT2D eigenvalue weighted by Gasteiger charge is 2.57. The van der Waals surface area contributed by atoms with Crippen LogP contribution >= 0.6 is 0 Å². The molecular formula is C26H38O. The third-order valence-corrected chi connectivity index (χ3v) is 9.73. The van der Waals surface area contributed by atoms with E-state index in [1.165, 1.54) is 69.8 Å². The highest BCUT2D eigenvalue weighted by Crippen LogP contribution is 2.66. The van der Waals surface area contributed by atoms with Gasteiger partial charge in [-0.15, -0.1) is 0 Å². The van der Waals surface area contributed by atoms with Crippen LogP contribution in [0.3, 0.4) is 0 Å². The van der Waals surface area contributed by atoms with Crippen molar-refractivity contribution in [2.24, 2.45) is 34.5 Å². The van der Waals surface area contributed by atoms with Crippen molar-refractivity contribution in [2.75, 3.05) is 0 Å². The quantitative estimate of drug-likeness (QED) is 0.559. The van der Waals surface area contributed by atoms with Crippen LogP contribution in [0.1, 0.15) is 83.6 Å². The second-order valence-corrected chi connectivity index (χ2v) is 10.9. The lowest BCUT2D eigenvalue weighted by Crippen LogP contribution is -2.53. The minimum Gasteiger partial charge on any atom is -0.374 e. The maximum absolute atomic E-state index is 6.38. The topological polar surface area (TPSA) is 9.23 Å². The summed E-state index contributed by atoms with van der Waals surface area (Å²) in [4.78, 5) is 0. The average Bonchev–Trinajstić information content (AvgIpc) is 3.09. The summed E-state index contributed by atoms with van der Waals surface area (Å²) in [7, 11) is 0. The SMILES string of the molecule is C[C@@]12CCC[C@@H]1[C@@H]1CC[C@H]3C[C@@H](OCc4ccccc4)CC[C@]3(C)[C@H]1CC2. The molecule has 0 heterocycles. The molecule has 4 fully saturated rings. The molecule has 0 amide bonds. The van der Waals surface area contributed by atoms with Crippen LogP contribution in [-0.2, 0) is 11.3 Å². The Morgan fingerprint density at radius 3 is 2.59 bits per heavy atom. The van der Waals surface area contributed by atoms with Gasteiger partial charge in [-0.05, 0) is 97.9 Å². The summed E-state index contributed by atoms with van der Waals surface area (Å²) >= 11 is 0. The van der Waals surface area contributed by atoms with Crippen LogP contribution in [0.2, 0.25) is 0 Å². The second kappa shape index (κ2) is 6.90. The Morgan fingerprint density at radius 1 is 0.889 bits per heavy atom. The van der Waals surface area contributed by atoms with Gasteiger partial charge in [0.15, 0.2) is 0 Å². The standard InChI is InChI=1S/C26H38O/c1-25-14-6-9-23(25)22-11-10-20-17-21(27-18-19-7-4-3-5-8-19)12-16-26(20,2)24(22)13-15-25/h3-5,7-8,20-24H,6,9-18H2,1-2H3/t20-,21-,22-,23+,24-,25-,26-/m0/s1. The van der Waals surface area contributed by atoms with Crippen LogP contribution in [0.5, 0.6) is 0 Å². The Labute approximate surface area is 166 Å². The van der Waals surface area contributed by atoms with E-state index in [4.69, 9.17) is 4.74 Å². The van der Waals surface area contributed by atoms with Gasteiger partial charge in [0.1, 0.15) is 0 Å². The fraction of sp³-hybridized carbons (Fsp3) is 0.769. The van der Waals surface area contributed by atoms with Crippen LogP contribution in [0.4, 0.5) is 0 Å². The van der Waals surface area contributed by atoms with Gasteiger partial charge >= 0.3 is 0 Å². The summed E-state index contributed by atoms with van der Waals surface area (Å²) in [6, 6.07) is 10.7. The molecule has 0 saturated heterocycles. The first-order chi connectivity index (χ1) is 13.1. The molecule has 0 N–H and O–H groups in total. The zero-order chi connectivity index (χ0) is 18.5. The Balaban J connectivity index is 1.25. The summed E-state index contributed by atoms with van der Waals surface area (Å²) < 4.78 is 6.38. The average molecular weight is 367 g/mol. The molecule has 1 aromatic carbocycles. The predicted octanol–water partition coefficient (Wildman–Crippen LogP) is 7.00. The summed E-state index contributed by atoms with van der Waals surface area (Å²) in [5.74, 6) is 3.98. The third kappa shape index (κ3) is 3.09. The van der Waals surface area contributed by atoms with Crippen molar-refractivity contribution in [3.8, 4) is 0 Å². The molecule has 27 heavy (non-hydrogen) atoms. The molecule has 1 nitrogen and oxygen atoms in total. The highest BCUT2D eigenvalue weighted by atomic mass is 16.5. The molecule has 5 rings (SSSR count). The van der Waals surface area contributed by atoms with E-state index in [-0.39, 0.29) is 0 Å². The van der Waals surface area contributed by atoms with E-state index in [0.717, 1.165) is 30.3 Å². The Kier molecular flexibility index (Phi) is 4.66. The van der Waals surface area contributed by atoms with Crippen LogP contribution in [-0.4, -0.2) is 6.10 Å². The van der Waals surface area contributed by atoms with Crippen molar-refractivity contribution in [2.45, 2.75) is 90.8 Å². The minimum absolute atomic E-state index is 0.486. The van der Waals surface area contributed by atoms with Gasteiger partial charge in [0.2, 0.25) is 0 Å². The van der Waals surface area contributed by atoms with Crippen molar-refractivity contribution in [1.29, 1.82) is 0 Å². The smallest absolute Gasteiger partial charge is 0.0720 e. The molecule has 0 aliphatic heterocycles. The molecule has 0 aromatic heterocycles. The van der Waals surface area contributed by atoms with E-state index in [9.17, 15) is 0 Å². The molecule has 4 saturated carbocycles. The third-order valence-electron chi connectivity index (χ3n) is 9.73. The molecule has 1 heteroatoms. The zero-order valence-electron chi connectivity index (χ0n) is 17.5. The summed E-state index contributed by atoms with van der Waals surface area (Å²) in [6.45, 7) is 6.10. The van der Waals surface area contributed by atoms with Crippen molar-refractivity contribution in [3.05, 3.63) is 35.9 Å². The predicted molar refractivity (Wildman–Crippen MR) is 111 cm³/mol. The lowest BCUT2D eigenvalue weighted by atomic mass is 9.45. The van der Waals surface area contributed by atoms with Crippen molar-refractivity contribution in [3.63, 3.8) is 0 Å². The minimum atomic E-state index is 0.486. The van der Waals surface area contributed by atoms with Gasteiger partial charge in [-0.1, -0.05) is 50.6 Å². The first-order valence-electron chi connectivity index (χ1n) is 11.7. The monoisotopic (exact) mass is 366 g/mol. The molecule has 7 atom stereocenters. The number of hydrogen-bond donors (Lipinski definition) is 0. The van der Waals surface area contributed by atoms with Crippen molar-refractivity contribution in [1.82, 2.24) is 0 Å². The van der Waals surface area contributed by atoms with Gasteiger partial charge in [-0.3, -0.25) is 0 Å². The van der Waals surface area contributed by atoms with E-state index in [1.807, 2.05) is 0 Å². The summed E-state index contributed by atoms with van der Waals surface area (Å²) in [6.07, 6.45) is 15.0. The van der Waals surface area contributed by atoms with E-state index < -0.39 is 0 Å². The fourth-order valence-corrected chi connectivity index (χ4v) is 8.15. The molecule has 1 aromatic rings. The van der Waals surface area contributed by atoms with Crippen LogP contribution in [0.25, 0.3) is 0 Å². The van der Waals surface area contributed by atoms with Gasteiger partial charge in [0, 0.05) is 0 Å². The summed E-state index contributed by atoms with van der Waals surface area (Å²) in [5.41, 5.74) is 2.61. The molecule has 4 aliphatic carbocycles. The van der Waals surface area contributed by atoms with Gasteiger partial charge in [-0.25, -0.2) is 0 Å². The first kappa shape index (κ1) is 18.2. The van der Waals surface area contributed by atoms with Crippen molar-refractivity contribution < 1.29 is 4.74 Å². The maximum Gasteiger partial charge on any atom is 0.0720 e. The molecule has 4 aliphatic rings. The van der Waals surface area contributed by atoms with Crippen LogP contribution in [0.15, 0.2) is 30.3 Å². The number of benzene rings is 1. The lowest BCUT2D eigenvalue weighted by molar-refractivity contribution is -0.131. The second-order valence-electron chi connectivity index (χ2n) is 10.9. The Hall–Kier alpha value is -0.820. The van der Waals surface area contributed by atoms with E-state index in [0.29, 0.717) is 16.9 Å². The number of ether oxygens (including phenoxy) is 1. The lowest BCUT2D eigenvalue weighted by Gasteiger charge is -2.60. The Morgan fingerprint density at radius 2 is 1.74 bits per heavy atom. The first-order valence-corrected chi connectivity index (χ1v) is 11.7. The van der Waals surface area contributed by atoms with E-state index in [2.05, 4.69) is 44.2 Å². The molecule has 0 unspecified atom stereocenters. The maximum atomic E-state index is 6.38. The molecule has 148 valence electrons. The zero-order valence-corrected chi connectivity index (χ0v) is 17.5. The Bertz CT molecular complexity index is 653. The van der Waals surface area contributed by atoms with Gasteiger partial charge in [0.25, 0.3) is 0 Å². The highest BCUT2D eigenvalue weighted by molar-refractivity contribution is 5.13. The van der Waals surface area contributed by atoms with Crippen LogP contribution in [0, 0.1) is 34.5 Å². The molecular weight excluding hydrogens is 328 g/mol. The number of hydrogen-bond acceptors (Lipinski definition) is 1. The van der Waals surface area contributed by atoms with Gasteiger partial charge in [0.05, 0.1) is 12.7 Å². The number of rotatable bonds is 3. The fourth-order valence-electron chi connectivity index (χ4n) is 8.15. The normalized spacial score (nSPS) is 46.4. The van der Waals surface area contributed by atoms with E-state index in [1.54, 1.807) is 0 Å². The molecule has 0 bridgehead atoms. The largest absolute Gasteiger partial charge is 0.374 e. The molecule has 0 spiro atoms. The van der Waals surface area contributed by atoms with Crippen molar-refractivity contribution >= 4 is 0 Å². The number of fused-ring (bicyclic) bond motifs is 5. The van der Waals surface area contributed by atoms with Crippen LogP contribution < -0.4 is 0 Å². The molecule has 0 radical (unpaired) electrons. The van der Waals surface area contributed by atoms with Gasteiger partial charge < -0.3 is 4.74 Å². The summed E-state index contributed by atoms with van der Waals surface area (Å²) in [5, 5.41) is 0.